The van der Waals surface area contributed by atoms with Gasteiger partial charge < -0.3 is 9.88 Å². The predicted molar refractivity (Wildman–Crippen MR) is 125 cm³/mol. The molecule has 1 unspecified atom stereocenters. The van der Waals surface area contributed by atoms with Crippen LogP contribution in [0.15, 0.2) is 47.6 Å². The summed E-state index contributed by atoms with van der Waals surface area (Å²) in [5, 5.41) is 23.7. The van der Waals surface area contributed by atoms with Gasteiger partial charge in [-0.1, -0.05) is 60.9 Å². The fraction of sp³-hybridized carbons (Fsp3) is 0.286. The van der Waals surface area contributed by atoms with Crippen molar-refractivity contribution in [2.45, 2.75) is 30.8 Å². The summed E-state index contributed by atoms with van der Waals surface area (Å²) in [6.45, 7) is 3.96. The Morgan fingerprint density at radius 3 is 2.47 bits per heavy atom. The second-order valence-corrected chi connectivity index (χ2v) is 9.22. The van der Waals surface area contributed by atoms with Gasteiger partial charge in [-0.25, -0.2) is 0 Å². The Morgan fingerprint density at radius 1 is 1.19 bits per heavy atom. The van der Waals surface area contributed by atoms with Crippen LogP contribution < -0.4 is 5.32 Å². The summed E-state index contributed by atoms with van der Waals surface area (Å²) in [5.74, 6) is 0.904. The molecule has 0 saturated carbocycles. The van der Waals surface area contributed by atoms with Gasteiger partial charge in [0.2, 0.25) is 0 Å². The number of carbonyl (C=O) groups is 1. The largest absolute Gasteiger partial charge is 0.342 e. The van der Waals surface area contributed by atoms with Gasteiger partial charge in [-0.3, -0.25) is 14.9 Å². The number of carbonyl (C=O) groups excluding carboxylic acids is 1. The van der Waals surface area contributed by atoms with E-state index in [2.05, 4.69) is 15.5 Å². The third-order valence-corrected chi connectivity index (χ3v) is 6.43. The quantitative estimate of drug-likeness (QED) is 0.254. The standard InChI is InChI=1S/C21H21Cl2N5O3S/c1-12(2)18(24-20(29)16-9-6-14(22)10-17(16)23)19-25-26-21(27(19)3)32-11-13-4-7-15(8-5-13)28(30)31/h4-10,12,18H,11H2,1-3H3,(H,24,29). The summed E-state index contributed by atoms with van der Waals surface area (Å²) in [7, 11) is 1.84. The fourth-order valence-corrected chi connectivity index (χ4v) is 4.37. The van der Waals surface area contributed by atoms with Gasteiger partial charge in [0.25, 0.3) is 11.6 Å². The highest BCUT2D eigenvalue weighted by atomic mass is 35.5. The molecule has 1 N–H and O–H groups in total. The smallest absolute Gasteiger partial charge is 0.269 e. The summed E-state index contributed by atoms with van der Waals surface area (Å²) in [4.78, 5) is 23.2. The molecule has 0 bridgehead atoms. The van der Waals surface area contributed by atoms with Crippen molar-refractivity contribution < 1.29 is 9.72 Å². The zero-order valence-corrected chi connectivity index (χ0v) is 19.9. The molecule has 3 rings (SSSR count). The van der Waals surface area contributed by atoms with Crippen LogP contribution in [-0.2, 0) is 12.8 Å². The zero-order valence-electron chi connectivity index (χ0n) is 17.6. The third-order valence-electron chi connectivity index (χ3n) is 4.79. The summed E-state index contributed by atoms with van der Waals surface area (Å²) >= 11 is 13.6. The van der Waals surface area contributed by atoms with Gasteiger partial charge in [0.15, 0.2) is 11.0 Å². The number of benzene rings is 2. The Labute approximate surface area is 199 Å². The van der Waals surface area contributed by atoms with Crippen LogP contribution in [0.2, 0.25) is 10.0 Å². The van der Waals surface area contributed by atoms with E-state index in [0.29, 0.717) is 27.3 Å². The molecule has 32 heavy (non-hydrogen) atoms. The maximum atomic E-state index is 12.8. The molecule has 0 aliphatic heterocycles. The van der Waals surface area contributed by atoms with Gasteiger partial charge in [-0.2, -0.15) is 0 Å². The van der Waals surface area contributed by atoms with E-state index < -0.39 is 4.92 Å². The number of halogens is 2. The normalized spacial score (nSPS) is 12.1. The van der Waals surface area contributed by atoms with Crippen LogP contribution in [-0.4, -0.2) is 25.6 Å². The summed E-state index contributed by atoms with van der Waals surface area (Å²) < 4.78 is 1.84. The number of hydrogen-bond acceptors (Lipinski definition) is 6. The van der Waals surface area contributed by atoms with Crippen molar-refractivity contribution in [2.75, 3.05) is 0 Å². The molecular formula is C21H21Cl2N5O3S. The highest BCUT2D eigenvalue weighted by molar-refractivity contribution is 7.98. The van der Waals surface area contributed by atoms with Gasteiger partial charge >= 0.3 is 0 Å². The third kappa shape index (κ3) is 5.59. The molecule has 1 atom stereocenters. The average molecular weight is 494 g/mol. The van der Waals surface area contributed by atoms with E-state index in [1.807, 2.05) is 25.5 Å². The molecule has 3 aromatic rings. The van der Waals surface area contributed by atoms with Crippen LogP contribution in [0.25, 0.3) is 0 Å². The number of nitro benzene ring substituents is 1. The maximum absolute atomic E-state index is 12.8. The van der Waals surface area contributed by atoms with E-state index in [4.69, 9.17) is 23.2 Å². The van der Waals surface area contributed by atoms with E-state index >= 15 is 0 Å². The Balaban J connectivity index is 1.74. The average Bonchev–Trinajstić information content (AvgIpc) is 3.10. The number of thioether (sulfide) groups is 1. The van der Waals surface area contributed by atoms with Gasteiger partial charge in [0.1, 0.15) is 0 Å². The zero-order chi connectivity index (χ0) is 23.4. The molecule has 1 aromatic heterocycles. The van der Waals surface area contributed by atoms with Gasteiger partial charge in [0.05, 0.1) is 21.6 Å². The molecule has 0 spiro atoms. The first-order chi connectivity index (χ1) is 15.2. The number of rotatable bonds is 8. The van der Waals surface area contributed by atoms with Crippen molar-refractivity contribution in [3.63, 3.8) is 0 Å². The summed E-state index contributed by atoms with van der Waals surface area (Å²) in [5.41, 5.74) is 1.31. The minimum Gasteiger partial charge on any atom is -0.342 e. The second kappa shape index (κ2) is 10.3. The van der Waals surface area contributed by atoms with Crippen molar-refractivity contribution in [3.8, 4) is 0 Å². The number of aromatic nitrogens is 3. The maximum Gasteiger partial charge on any atom is 0.269 e. The molecule has 1 heterocycles. The SMILES string of the molecule is CC(C)C(NC(=O)c1ccc(Cl)cc1Cl)c1nnc(SCc2ccc([N+](=O)[O-])cc2)n1C. The molecule has 8 nitrogen and oxygen atoms in total. The lowest BCUT2D eigenvalue weighted by Crippen LogP contribution is -2.33. The number of nitro groups is 1. The molecule has 168 valence electrons. The van der Waals surface area contributed by atoms with Crippen molar-refractivity contribution in [3.05, 3.63) is 79.6 Å². The van der Waals surface area contributed by atoms with Crippen LogP contribution in [0.4, 0.5) is 5.69 Å². The predicted octanol–water partition coefficient (Wildman–Crippen LogP) is 5.45. The Hall–Kier alpha value is -2.62. The lowest BCUT2D eigenvalue weighted by atomic mass is 10.0. The monoisotopic (exact) mass is 493 g/mol. The van der Waals surface area contributed by atoms with E-state index in [9.17, 15) is 14.9 Å². The molecular weight excluding hydrogens is 473 g/mol. The van der Waals surface area contributed by atoms with E-state index in [0.717, 1.165) is 5.56 Å². The molecule has 0 fully saturated rings. The van der Waals surface area contributed by atoms with E-state index in [-0.39, 0.29) is 28.6 Å². The molecule has 11 heteroatoms. The number of hydrogen-bond donors (Lipinski definition) is 1. The fourth-order valence-electron chi connectivity index (χ4n) is 3.01. The first kappa shape index (κ1) is 24.0. The molecule has 0 radical (unpaired) electrons. The lowest BCUT2D eigenvalue weighted by molar-refractivity contribution is -0.384. The van der Waals surface area contributed by atoms with Crippen LogP contribution >= 0.6 is 35.0 Å². The Bertz CT molecular complexity index is 1130. The molecule has 0 aliphatic rings. The highest BCUT2D eigenvalue weighted by Crippen LogP contribution is 2.28. The lowest BCUT2D eigenvalue weighted by Gasteiger charge is -2.22. The minimum atomic E-state index is -0.427. The minimum absolute atomic E-state index is 0.0421. The topological polar surface area (TPSA) is 103 Å². The van der Waals surface area contributed by atoms with Crippen LogP contribution in [0, 0.1) is 16.0 Å². The van der Waals surface area contributed by atoms with E-state index in [1.54, 1.807) is 24.3 Å². The first-order valence-corrected chi connectivity index (χ1v) is 11.4. The summed E-state index contributed by atoms with van der Waals surface area (Å²) in [6, 6.07) is 10.7. The Kier molecular flexibility index (Phi) is 7.76. The highest BCUT2D eigenvalue weighted by Gasteiger charge is 2.26. The molecule has 2 aromatic carbocycles. The van der Waals surface area contributed by atoms with Crippen LogP contribution in [0.1, 0.15) is 41.6 Å². The number of nitrogens with one attached hydrogen (secondary N) is 1. The van der Waals surface area contributed by atoms with E-state index in [1.165, 1.54) is 30.0 Å². The van der Waals surface area contributed by atoms with Crippen LogP contribution in [0.5, 0.6) is 0 Å². The molecule has 0 saturated heterocycles. The van der Waals surface area contributed by atoms with Gasteiger partial charge in [0, 0.05) is 30.0 Å². The first-order valence-electron chi connectivity index (χ1n) is 9.68. The van der Waals surface area contributed by atoms with Crippen LogP contribution in [0.3, 0.4) is 0 Å². The molecule has 0 aliphatic carbocycles. The Morgan fingerprint density at radius 2 is 1.88 bits per heavy atom. The summed E-state index contributed by atoms with van der Waals surface area (Å²) in [6.07, 6.45) is 0. The number of nitrogens with zero attached hydrogens (tertiary/aromatic N) is 4. The second-order valence-electron chi connectivity index (χ2n) is 7.43. The van der Waals surface area contributed by atoms with Crippen molar-refractivity contribution in [2.24, 2.45) is 13.0 Å². The van der Waals surface area contributed by atoms with Crippen molar-refractivity contribution in [1.82, 2.24) is 20.1 Å². The van der Waals surface area contributed by atoms with Crippen molar-refractivity contribution >= 4 is 46.6 Å². The van der Waals surface area contributed by atoms with Crippen molar-refractivity contribution in [1.29, 1.82) is 0 Å². The van der Waals surface area contributed by atoms with Gasteiger partial charge in [-0.05, 0) is 29.7 Å². The van der Waals surface area contributed by atoms with Gasteiger partial charge in [-0.15, -0.1) is 10.2 Å². The number of non-ortho nitro benzene ring substituents is 1. The number of amides is 1. The molecule has 1 amide bonds.